The fourth-order valence-corrected chi connectivity index (χ4v) is 2.07. The summed E-state index contributed by atoms with van der Waals surface area (Å²) in [5, 5.41) is 14.8. The van der Waals surface area contributed by atoms with E-state index >= 15 is 0 Å². The number of hydrogen-bond acceptors (Lipinski definition) is 4. The minimum Gasteiger partial charge on any atom is -0.378 e. The topological polar surface area (TPSA) is 81.7 Å². The summed E-state index contributed by atoms with van der Waals surface area (Å²) in [4.78, 5) is 24.7. The van der Waals surface area contributed by atoms with Crippen molar-refractivity contribution >= 4 is 23.2 Å². The molecule has 6 nitrogen and oxygen atoms in total. The zero-order valence-electron chi connectivity index (χ0n) is 10.9. The number of fused-ring (bicyclic) bond motifs is 1. The Hall–Kier alpha value is -2.08. The molecule has 2 amide bonds. The Balaban J connectivity index is 2.24. The van der Waals surface area contributed by atoms with Gasteiger partial charge in [0.25, 0.3) is 5.91 Å². The molecule has 19 heavy (non-hydrogen) atoms. The van der Waals surface area contributed by atoms with Gasteiger partial charge in [0, 0.05) is 30.5 Å². The molecule has 0 radical (unpaired) electrons. The summed E-state index contributed by atoms with van der Waals surface area (Å²) in [5.41, 5.74) is 2.01. The Bertz CT molecular complexity index is 516. The van der Waals surface area contributed by atoms with Crippen molar-refractivity contribution in [3.8, 4) is 0 Å². The molecule has 2 rings (SSSR count). The third-order valence-electron chi connectivity index (χ3n) is 3.20. The molecule has 0 saturated carbocycles. The maximum atomic E-state index is 11.4. The van der Waals surface area contributed by atoms with Gasteiger partial charge in [0.05, 0.1) is 6.54 Å². The molecule has 1 aromatic rings. The van der Waals surface area contributed by atoms with Crippen LogP contribution in [0.25, 0.3) is 0 Å². The van der Waals surface area contributed by atoms with Gasteiger partial charge in [-0.15, -0.1) is 0 Å². The van der Waals surface area contributed by atoms with Gasteiger partial charge in [-0.2, -0.15) is 0 Å². The van der Waals surface area contributed by atoms with E-state index in [1.807, 2.05) is 11.8 Å². The van der Waals surface area contributed by atoms with E-state index in [4.69, 9.17) is 0 Å². The van der Waals surface area contributed by atoms with Gasteiger partial charge >= 0.3 is 0 Å². The fraction of sp³-hybridized carbons (Fsp3) is 0.385. The molecular formula is C13H17N3O3. The van der Waals surface area contributed by atoms with Crippen molar-refractivity contribution in [2.24, 2.45) is 0 Å². The van der Waals surface area contributed by atoms with Crippen LogP contribution >= 0.6 is 0 Å². The predicted octanol–water partition coefficient (Wildman–Crippen LogP) is 0.244. The van der Waals surface area contributed by atoms with E-state index in [9.17, 15) is 14.7 Å². The van der Waals surface area contributed by atoms with Crippen molar-refractivity contribution in [1.29, 1.82) is 0 Å². The zero-order chi connectivity index (χ0) is 14.0. The maximum Gasteiger partial charge on any atom is 0.257 e. The second-order valence-electron chi connectivity index (χ2n) is 4.35. The molecule has 0 fully saturated rings. The Kier molecular flexibility index (Phi) is 3.71. The average Bonchev–Trinajstić information content (AvgIpc) is 2.70. The van der Waals surface area contributed by atoms with Gasteiger partial charge in [-0.25, -0.2) is 0 Å². The monoisotopic (exact) mass is 263 g/mol. The molecule has 1 heterocycles. The number of rotatable bonds is 4. The molecule has 3 N–H and O–H groups in total. The maximum absolute atomic E-state index is 11.4. The highest BCUT2D eigenvalue weighted by molar-refractivity contribution is 6.02. The highest BCUT2D eigenvalue weighted by Gasteiger charge is 2.28. The Morgan fingerprint density at radius 2 is 2.26 bits per heavy atom. The van der Waals surface area contributed by atoms with E-state index in [2.05, 4.69) is 10.6 Å². The number of benzene rings is 1. The molecule has 6 heteroatoms. The first kappa shape index (κ1) is 13.4. The van der Waals surface area contributed by atoms with Crippen molar-refractivity contribution in [1.82, 2.24) is 5.32 Å². The van der Waals surface area contributed by atoms with Crippen molar-refractivity contribution < 1.29 is 14.7 Å². The van der Waals surface area contributed by atoms with Crippen LogP contribution in [0.5, 0.6) is 0 Å². The van der Waals surface area contributed by atoms with Gasteiger partial charge < -0.3 is 20.6 Å². The Labute approximate surface area is 111 Å². The van der Waals surface area contributed by atoms with Crippen molar-refractivity contribution in [3.05, 3.63) is 23.8 Å². The number of carbonyl (C=O) groups excluding carboxylic acids is 2. The lowest BCUT2D eigenvalue weighted by atomic mass is 10.1. The van der Waals surface area contributed by atoms with Crippen LogP contribution in [0.2, 0.25) is 0 Å². The van der Waals surface area contributed by atoms with Crippen LogP contribution in [0.3, 0.4) is 0 Å². The number of aliphatic hydroxyl groups excluding tert-OH is 1. The van der Waals surface area contributed by atoms with Crippen molar-refractivity contribution in [2.75, 3.05) is 30.4 Å². The quantitative estimate of drug-likeness (QED) is 0.727. The smallest absolute Gasteiger partial charge is 0.257 e. The molecule has 1 atom stereocenters. The first-order chi connectivity index (χ1) is 9.06. The summed E-state index contributed by atoms with van der Waals surface area (Å²) in [6, 6.07) is 5.28. The number of likely N-dealkylation sites (N-methyl/N-ethyl adjacent to an activating group) is 2. The summed E-state index contributed by atoms with van der Waals surface area (Å²) < 4.78 is 0. The first-order valence-corrected chi connectivity index (χ1v) is 6.15. The molecule has 1 aromatic carbocycles. The van der Waals surface area contributed by atoms with Crippen LogP contribution in [0.15, 0.2) is 18.2 Å². The number of anilines is 2. The fourth-order valence-electron chi connectivity index (χ4n) is 2.07. The number of nitrogens with zero attached hydrogens (tertiary/aromatic N) is 1. The molecule has 0 bridgehead atoms. The minimum atomic E-state index is -1.10. The van der Waals surface area contributed by atoms with Gasteiger partial charge in [0.15, 0.2) is 6.10 Å². The molecule has 0 spiro atoms. The zero-order valence-corrected chi connectivity index (χ0v) is 10.9. The van der Waals surface area contributed by atoms with E-state index in [-0.39, 0.29) is 12.5 Å². The van der Waals surface area contributed by atoms with E-state index in [1.54, 1.807) is 25.2 Å². The van der Waals surface area contributed by atoms with Gasteiger partial charge in [0.2, 0.25) is 5.91 Å². The molecule has 1 aliphatic rings. The third-order valence-corrected chi connectivity index (χ3v) is 3.20. The van der Waals surface area contributed by atoms with Crippen LogP contribution in [-0.2, 0) is 9.59 Å². The Morgan fingerprint density at radius 1 is 1.53 bits per heavy atom. The van der Waals surface area contributed by atoms with Crippen molar-refractivity contribution in [2.45, 2.75) is 13.0 Å². The van der Waals surface area contributed by atoms with E-state index < -0.39 is 12.0 Å². The second kappa shape index (κ2) is 5.27. The molecule has 0 saturated heterocycles. The highest BCUT2D eigenvalue weighted by Crippen LogP contribution is 2.33. The number of aliphatic hydroxyl groups is 1. The number of hydrogen-bond donors (Lipinski definition) is 3. The predicted molar refractivity (Wildman–Crippen MR) is 72.0 cm³/mol. The van der Waals surface area contributed by atoms with Crippen LogP contribution < -0.4 is 15.5 Å². The van der Waals surface area contributed by atoms with Crippen LogP contribution in [0.1, 0.15) is 18.6 Å². The van der Waals surface area contributed by atoms with Crippen LogP contribution in [-0.4, -0.2) is 37.1 Å². The molecule has 1 unspecified atom stereocenters. The molecule has 102 valence electrons. The number of nitrogens with one attached hydrogen (secondary N) is 2. The van der Waals surface area contributed by atoms with Crippen LogP contribution in [0.4, 0.5) is 11.4 Å². The lowest BCUT2D eigenvalue weighted by molar-refractivity contribution is -0.123. The standard InChI is InChI=1S/C13H17N3O3/c1-3-16(7-11(17)14-2)8-4-5-9-10(6-8)15-13(19)12(9)18/h4-6,12,18H,3,7H2,1-2H3,(H,14,17)(H,15,19). The third kappa shape index (κ3) is 2.53. The van der Waals surface area contributed by atoms with Gasteiger partial charge in [-0.05, 0) is 19.1 Å². The van der Waals surface area contributed by atoms with E-state index in [0.29, 0.717) is 17.8 Å². The minimum absolute atomic E-state index is 0.0774. The SMILES string of the molecule is CCN(CC(=O)NC)c1ccc2c(c1)NC(=O)C2O. The largest absolute Gasteiger partial charge is 0.378 e. The van der Waals surface area contributed by atoms with Crippen molar-refractivity contribution in [3.63, 3.8) is 0 Å². The summed E-state index contributed by atoms with van der Waals surface area (Å²) in [6.45, 7) is 2.87. The molecule has 1 aliphatic heterocycles. The van der Waals surface area contributed by atoms with Gasteiger partial charge in [0.1, 0.15) is 0 Å². The average molecular weight is 263 g/mol. The molecule has 0 aromatic heterocycles. The molecule has 0 aliphatic carbocycles. The summed E-state index contributed by atoms with van der Waals surface area (Å²) in [7, 11) is 1.59. The Morgan fingerprint density at radius 3 is 2.89 bits per heavy atom. The van der Waals surface area contributed by atoms with Crippen LogP contribution in [0, 0.1) is 0 Å². The normalized spacial score (nSPS) is 16.8. The first-order valence-electron chi connectivity index (χ1n) is 6.15. The summed E-state index contributed by atoms with van der Waals surface area (Å²) >= 11 is 0. The summed E-state index contributed by atoms with van der Waals surface area (Å²) in [6.07, 6.45) is -1.10. The number of amides is 2. The summed E-state index contributed by atoms with van der Waals surface area (Å²) in [5.74, 6) is -0.493. The van der Waals surface area contributed by atoms with Gasteiger partial charge in [-0.3, -0.25) is 9.59 Å². The lowest BCUT2D eigenvalue weighted by Crippen LogP contribution is -2.35. The van der Waals surface area contributed by atoms with Gasteiger partial charge in [-0.1, -0.05) is 6.07 Å². The number of carbonyl (C=O) groups is 2. The highest BCUT2D eigenvalue weighted by atomic mass is 16.3. The second-order valence-corrected chi connectivity index (χ2v) is 4.35. The van der Waals surface area contributed by atoms with E-state index in [1.165, 1.54) is 0 Å². The molecular weight excluding hydrogens is 246 g/mol. The lowest BCUT2D eigenvalue weighted by Gasteiger charge is -2.22. The van der Waals surface area contributed by atoms with E-state index in [0.717, 1.165) is 5.69 Å².